The first-order valence-electron chi connectivity index (χ1n) is 11.0. The quantitative estimate of drug-likeness (QED) is 0.469. The molecular formula is C23H49N3O3. The monoisotopic (exact) mass is 415 g/mol. The molecule has 1 atom stereocenters. The van der Waals surface area contributed by atoms with E-state index in [1.165, 1.54) is 0 Å². The van der Waals surface area contributed by atoms with E-state index in [4.69, 9.17) is 9.47 Å². The molecule has 0 spiro atoms. The molecule has 1 amide bonds. The van der Waals surface area contributed by atoms with Crippen LogP contribution in [0.5, 0.6) is 0 Å². The second kappa shape index (κ2) is 12.8. The van der Waals surface area contributed by atoms with E-state index in [0.717, 1.165) is 26.1 Å². The van der Waals surface area contributed by atoms with Gasteiger partial charge >= 0.3 is 6.09 Å². The van der Waals surface area contributed by atoms with Gasteiger partial charge in [-0.2, -0.15) is 0 Å². The molecule has 0 aromatic rings. The number of nitrogens with zero attached hydrogens (tertiary/aromatic N) is 1. The van der Waals surface area contributed by atoms with Crippen molar-refractivity contribution in [2.24, 2.45) is 16.2 Å². The van der Waals surface area contributed by atoms with Gasteiger partial charge in [0, 0.05) is 32.8 Å². The van der Waals surface area contributed by atoms with Gasteiger partial charge in [-0.1, -0.05) is 62.3 Å². The van der Waals surface area contributed by atoms with Crippen molar-refractivity contribution >= 4 is 6.09 Å². The molecule has 6 nitrogen and oxygen atoms in total. The first-order valence-corrected chi connectivity index (χ1v) is 11.0. The lowest BCUT2D eigenvalue weighted by Gasteiger charge is -2.30. The van der Waals surface area contributed by atoms with Crippen LogP contribution in [0.4, 0.5) is 4.79 Å². The summed E-state index contributed by atoms with van der Waals surface area (Å²) in [6.45, 7) is 24.5. The van der Waals surface area contributed by atoms with Crippen molar-refractivity contribution < 1.29 is 14.3 Å². The van der Waals surface area contributed by atoms with Gasteiger partial charge in [0.15, 0.2) is 0 Å². The number of ether oxygens (including phenoxy) is 2. The normalized spacial score (nSPS) is 14.2. The van der Waals surface area contributed by atoms with Crippen molar-refractivity contribution in [3.05, 3.63) is 0 Å². The minimum Gasteiger partial charge on any atom is -0.447 e. The van der Waals surface area contributed by atoms with Crippen LogP contribution < -0.4 is 10.6 Å². The zero-order valence-corrected chi connectivity index (χ0v) is 20.9. The molecule has 29 heavy (non-hydrogen) atoms. The van der Waals surface area contributed by atoms with Crippen LogP contribution in [-0.2, 0) is 9.47 Å². The van der Waals surface area contributed by atoms with Crippen molar-refractivity contribution in [1.29, 1.82) is 0 Å². The number of likely N-dealkylation sites (N-methyl/N-ethyl adjacent to an activating group) is 1. The lowest BCUT2D eigenvalue weighted by Crippen LogP contribution is -2.50. The van der Waals surface area contributed by atoms with E-state index in [1.807, 2.05) is 0 Å². The van der Waals surface area contributed by atoms with Gasteiger partial charge in [0.05, 0.1) is 12.6 Å². The Morgan fingerprint density at radius 3 is 2.03 bits per heavy atom. The Labute approximate surface area is 180 Å². The highest BCUT2D eigenvalue weighted by atomic mass is 16.6. The zero-order valence-electron chi connectivity index (χ0n) is 20.9. The lowest BCUT2D eigenvalue weighted by molar-refractivity contribution is 0.0594. The third-order valence-electron chi connectivity index (χ3n) is 4.10. The highest BCUT2D eigenvalue weighted by Crippen LogP contribution is 2.17. The molecule has 0 aliphatic rings. The minimum atomic E-state index is -0.379. The number of amides is 1. The molecule has 0 saturated carbocycles. The van der Waals surface area contributed by atoms with Crippen LogP contribution in [0.1, 0.15) is 68.7 Å². The van der Waals surface area contributed by atoms with E-state index in [-0.39, 0.29) is 35.0 Å². The summed E-state index contributed by atoms with van der Waals surface area (Å²) in [6, 6.07) is -0.0148. The number of carbonyl (C=O) groups is 1. The number of hydrogen-bond donors (Lipinski definition) is 2. The minimum absolute atomic E-state index is 0.0148. The van der Waals surface area contributed by atoms with Crippen LogP contribution in [0.2, 0.25) is 0 Å². The van der Waals surface area contributed by atoms with Crippen molar-refractivity contribution in [3.8, 4) is 0 Å². The van der Waals surface area contributed by atoms with Crippen LogP contribution in [0.15, 0.2) is 0 Å². The predicted molar refractivity (Wildman–Crippen MR) is 122 cm³/mol. The smallest absolute Gasteiger partial charge is 0.407 e. The van der Waals surface area contributed by atoms with E-state index >= 15 is 0 Å². The van der Waals surface area contributed by atoms with Crippen LogP contribution in [0.25, 0.3) is 0 Å². The first kappa shape index (κ1) is 28.1. The standard InChI is InChI=1S/C23H49N3O3/c1-21(2,3)11-12-28-13-14-29-20(27)25-19(15-24-17-22(4,5)6)16-26(10)18-23(7,8)9/h19,24H,11-18H2,1-10H3,(H,25,27). The van der Waals surface area contributed by atoms with Crippen LogP contribution in [0.3, 0.4) is 0 Å². The van der Waals surface area contributed by atoms with Gasteiger partial charge < -0.3 is 25.0 Å². The maximum Gasteiger partial charge on any atom is 0.407 e. The average Bonchev–Trinajstić information content (AvgIpc) is 2.46. The van der Waals surface area contributed by atoms with Crippen molar-refractivity contribution in [2.45, 2.75) is 74.8 Å². The van der Waals surface area contributed by atoms with Crippen LogP contribution in [-0.4, -0.2) is 70.1 Å². The van der Waals surface area contributed by atoms with E-state index in [1.54, 1.807) is 0 Å². The fraction of sp³-hybridized carbons (Fsp3) is 0.957. The fourth-order valence-corrected chi connectivity index (χ4v) is 2.92. The van der Waals surface area contributed by atoms with Gasteiger partial charge in [0.1, 0.15) is 6.61 Å². The van der Waals surface area contributed by atoms with E-state index in [0.29, 0.717) is 19.8 Å². The SMILES string of the molecule is CN(CC(CNCC(C)(C)C)NC(=O)OCCOCCC(C)(C)C)CC(C)(C)C. The molecule has 6 heteroatoms. The highest BCUT2D eigenvalue weighted by Gasteiger charge is 2.20. The van der Waals surface area contributed by atoms with Gasteiger partial charge in [0.25, 0.3) is 0 Å². The van der Waals surface area contributed by atoms with Crippen molar-refractivity contribution in [3.63, 3.8) is 0 Å². The molecule has 0 fully saturated rings. The summed E-state index contributed by atoms with van der Waals surface area (Å²) in [5.74, 6) is 0. The third kappa shape index (κ3) is 20.2. The van der Waals surface area contributed by atoms with E-state index in [9.17, 15) is 4.79 Å². The highest BCUT2D eigenvalue weighted by molar-refractivity contribution is 5.67. The third-order valence-corrected chi connectivity index (χ3v) is 4.10. The zero-order chi connectivity index (χ0) is 22.7. The molecule has 0 aromatic heterocycles. The Morgan fingerprint density at radius 1 is 0.897 bits per heavy atom. The molecule has 174 valence electrons. The molecule has 0 aliphatic carbocycles. The van der Waals surface area contributed by atoms with Gasteiger partial charge in [-0.25, -0.2) is 4.79 Å². The summed E-state index contributed by atoms with van der Waals surface area (Å²) in [4.78, 5) is 14.5. The Bertz CT molecular complexity index is 448. The van der Waals surface area contributed by atoms with Crippen molar-refractivity contribution in [1.82, 2.24) is 15.5 Å². The Hall–Kier alpha value is -0.850. The molecule has 2 N–H and O–H groups in total. The predicted octanol–water partition coefficient (Wildman–Crippen LogP) is 4.15. The summed E-state index contributed by atoms with van der Waals surface area (Å²) in [5.41, 5.74) is 0.667. The Balaban J connectivity index is 4.39. The molecular weight excluding hydrogens is 366 g/mol. The number of carbonyl (C=O) groups excluding carboxylic acids is 1. The fourth-order valence-electron chi connectivity index (χ4n) is 2.92. The van der Waals surface area contributed by atoms with Crippen LogP contribution in [0, 0.1) is 16.2 Å². The van der Waals surface area contributed by atoms with Crippen molar-refractivity contribution in [2.75, 3.05) is 53.0 Å². The van der Waals surface area contributed by atoms with Gasteiger partial charge in [-0.3, -0.25) is 0 Å². The summed E-state index contributed by atoms with van der Waals surface area (Å²) >= 11 is 0. The summed E-state index contributed by atoms with van der Waals surface area (Å²) in [6.07, 6.45) is 0.608. The maximum absolute atomic E-state index is 12.2. The summed E-state index contributed by atoms with van der Waals surface area (Å²) < 4.78 is 10.9. The topological polar surface area (TPSA) is 62.8 Å². The van der Waals surface area contributed by atoms with Gasteiger partial charge in [-0.05, 0) is 29.7 Å². The number of hydrogen-bond acceptors (Lipinski definition) is 5. The number of rotatable bonds is 12. The molecule has 0 saturated heterocycles. The molecule has 0 rings (SSSR count). The first-order chi connectivity index (χ1) is 13.1. The number of alkyl carbamates (subject to hydrolysis) is 1. The lowest BCUT2D eigenvalue weighted by atomic mass is 9.93. The average molecular weight is 416 g/mol. The van der Waals surface area contributed by atoms with Gasteiger partial charge in [-0.15, -0.1) is 0 Å². The Morgan fingerprint density at radius 2 is 1.52 bits per heavy atom. The molecule has 0 aliphatic heterocycles. The maximum atomic E-state index is 12.2. The summed E-state index contributed by atoms with van der Waals surface area (Å²) in [7, 11) is 2.10. The van der Waals surface area contributed by atoms with Gasteiger partial charge in [0.2, 0.25) is 0 Å². The summed E-state index contributed by atoms with van der Waals surface area (Å²) in [5, 5.41) is 6.49. The molecule has 0 aromatic carbocycles. The molecule has 0 heterocycles. The van der Waals surface area contributed by atoms with E-state index in [2.05, 4.69) is 84.9 Å². The number of nitrogens with one attached hydrogen (secondary N) is 2. The second-order valence-corrected chi connectivity index (χ2v) is 11.8. The van der Waals surface area contributed by atoms with Crippen LogP contribution >= 0.6 is 0 Å². The van der Waals surface area contributed by atoms with E-state index < -0.39 is 0 Å². The second-order valence-electron chi connectivity index (χ2n) is 11.8. The molecule has 0 radical (unpaired) electrons. The largest absolute Gasteiger partial charge is 0.447 e. The molecule has 1 unspecified atom stereocenters. The Kier molecular flexibility index (Phi) is 12.4. The molecule has 0 bridgehead atoms.